The van der Waals surface area contributed by atoms with Crippen LogP contribution in [0, 0.1) is 0 Å². The van der Waals surface area contributed by atoms with Gasteiger partial charge in [0.15, 0.2) is 0 Å². The summed E-state index contributed by atoms with van der Waals surface area (Å²) in [5.74, 6) is -0.201. The molecule has 0 saturated carbocycles. The number of hydrogen-bond donors (Lipinski definition) is 1. The molecule has 4 heteroatoms. The number of methoxy groups -OCH3 is 1. The van der Waals surface area contributed by atoms with Crippen LogP contribution in [0.1, 0.15) is 12.8 Å². The van der Waals surface area contributed by atoms with E-state index in [1.54, 1.807) is 7.11 Å². The lowest BCUT2D eigenvalue weighted by Gasteiger charge is -2.02. The summed E-state index contributed by atoms with van der Waals surface area (Å²) >= 11 is 0. The lowest BCUT2D eigenvalue weighted by Crippen LogP contribution is -2.11. The molecule has 0 aromatic heterocycles. The van der Waals surface area contributed by atoms with Crippen molar-refractivity contribution in [2.75, 3.05) is 26.9 Å². The third kappa shape index (κ3) is 7.29. The molecule has 66 valence electrons. The molecule has 0 spiro atoms. The molecule has 0 fully saturated rings. The summed E-state index contributed by atoms with van der Waals surface area (Å²) in [5, 5.41) is 0. The molecule has 0 aliphatic heterocycles. The van der Waals surface area contributed by atoms with Gasteiger partial charge in [0.05, 0.1) is 6.61 Å². The fourth-order valence-electron chi connectivity index (χ4n) is 0.557. The van der Waals surface area contributed by atoms with Crippen molar-refractivity contribution >= 4 is 5.97 Å². The Kier molecular flexibility index (Phi) is 7.08. The molecule has 0 aliphatic carbocycles. The predicted molar refractivity (Wildman–Crippen MR) is 41.1 cm³/mol. The van der Waals surface area contributed by atoms with Crippen LogP contribution in [0.3, 0.4) is 0 Å². The molecule has 0 saturated heterocycles. The average Bonchev–Trinajstić information content (AvgIpc) is 2.01. The molecule has 0 unspecified atom stereocenters. The van der Waals surface area contributed by atoms with Crippen LogP contribution in [0.25, 0.3) is 0 Å². The summed E-state index contributed by atoms with van der Waals surface area (Å²) in [6.45, 7) is 1.31. The number of rotatable bonds is 6. The first-order chi connectivity index (χ1) is 5.31. The summed E-state index contributed by atoms with van der Waals surface area (Å²) in [6, 6.07) is 0. The maximum Gasteiger partial charge on any atom is 0.305 e. The Balaban J connectivity index is 3.09. The Bertz CT molecular complexity index is 106. The van der Waals surface area contributed by atoms with Crippen LogP contribution in [-0.4, -0.2) is 32.8 Å². The summed E-state index contributed by atoms with van der Waals surface area (Å²) < 4.78 is 9.46. The van der Waals surface area contributed by atoms with Crippen LogP contribution in [-0.2, 0) is 14.3 Å². The third-order valence-electron chi connectivity index (χ3n) is 1.14. The fraction of sp³-hybridized carbons (Fsp3) is 0.857. The Hall–Kier alpha value is -0.610. The number of carbonyl (C=O) groups is 1. The van der Waals surface area contributed by atoms with Gasteiger partial charge in [-0.2, -0.15) is 0 Å². The molecule has 4 nitrogen and oxygen atoms in total. The van der Waals surface area contributed by atoms with Gasteiger partial charge in [0, 0.05) is 13.5 Å². The highest BCUT2D eigenvalue weighted by Gasteiger charge is 1.99. The van der Waals surface area contributed by atoms with Crippen molar-refractivity contribution in [2.24, 2.45) is 5.73 Å². The van der Waals surface area contributed by atoms with Gasteiger partial charge in [-0.25, -0.2) is 0 Å². The van der Waals surface area contributed by atoms with Crippen molar-refractivity contribution in [1.29, 1.82) is 0 Å². The lowest BCUT2D eigenvalue weighted by molar-refractivity contribution is -0.144. The lowest BCUT2D eigenvalue weighted by atomic mass is 10.3. The summed E-state index contributed by atoms with van der Waals surface area (Å²) in [4.78, 5) is 10.7. The van der Waals surface area contributed by atoms with Gasteiger partial charge in [0.25, 0.3) is 0 Å². The van der Waals surface area contributed by atoms with Gasteiger partial charge in [-0.15, -0.1) is 0 Å². The van der Waals surface area contributed by atoms with E-state index in [1.807, 2.05) is 0 Å². The van der Waals surface area contributed by atoms with Crippen molar-refractivity contribution in [1.82, 2.24) is 0 Å². The highest BCUT2D eigenvalue weighted by molar-refractivity contribution is 5.69. The van der Waals surface area contributed by atoms with E-state index in [4.69, 9.17) is 15.2 Å². The van der Waals surface area contributed by atoms with Crippen molar-refractivity contribution in [3.63, 3.8) is 0 Å². The number of hydrogen-bond acceptors (Lipinski definition) is 4. The SMILES string of the molecule is COCCOC(=O)CCCN. The van der Waals surface area contributed by atoms with Crippen LogP contribution in [0.5, 0.6) is 0 Å². The van der Waals surface area contributed by atoms with E-state index >= 15 is 0 Å². The molecule has 0 aromatic carbocycles. The average molecular weight is 161 g/mol. The minimum Gasteiger partial charge on any atom is -0.463 e. The molecule has 2 N–H and O–H groups in total. The Morgan fingerprint density at radius 3 is 2.73 bits per heavy atom. The molecule has 0 atom stereocenters. The van der Waals surface area contributed by atoms with E-state index in [0.29, 0.717) is 32.6 Å². The molecular formula is C7H15NO3. The molecule has 11 heavy (non-hydrogen) atoms. The van der Waals surface area contributed by atoms with Crippen LogP contribution in [0.4, 0.5) is 0 Å². The van der Waals surface area contributed by atoms with E-state index in [9.17, 15) is 4.79 Å². The quantitative estimate of drug-likeness (QED) is 0.437. The van der Waals surface area contributed by atoms with E-state index in [1.165, 1.54) is 0 Å². The topological polar surface area (TPSA) is 61.5 Å². The first kappa shape index (κ1) is 10.4. The second-order valence-corrected chi connectivity index (χ2v) is 2.11. The smallest absolute Gasteiger partial charge is 0.305 e. The molecule has 0 amide bonds. The number of nitrogens with two attached hydrogens (primary N) is 1. The zero-order valence-corrected chi connectivity index (χ0v) is 6.84. The van der Waals surface area contributed by atoms with Crippen molar-refractivity contribution < 1.29 is 14.3 Å². The molecule has 0 bridgehead atoms. The highest BCUT2D eigenvalue weighted by Crippen LogP contribution is 1.90. The number of ether oxygens (including phenoxy) is 2. The molecule has 0 heterocycles. The van der Waals surface area contributed by atoms with Gasteiger partial charge in [-0.05, 0) is 13.0 Å². The van der Waals surface area contributed by atoms with Gasteiger partial charge in [0.1, 0.15) is 6.61 Å². The van der Waals surface area contributed by atoms with Gasteiger partial charge in [-0.3, -0.25) is 4.79 Å². The van der Waals surface area contributed by atoms with Gasteiger partial charge < -0.3 is 15.2 Å². The monoisotopic (exact) mass is 161 g/mol. The first-order valence-electron chi connectivity index (χ1n) is 3.66. The van der Waals surface area contributed by atoms with Crippen LogP contribution < -0.4 is 5.73 Å². The van der Waals surface area contributed by atoms with Crippen molar-refractivity contribution in [3.8, 4) is 0 Å². The van der Waals surface area contributed by atoms with E-state index in [0.717, 1.165) is 0 Å². The molecule has 0 aliphatic rings. The third-order valence-corrected chi connectivity index (χ3v) is 1.14. The van der Waals surface area contributed by atoms with E-state index < -0.39 is 0 Å². The summed E-state index contributed by atoms with van der Waals surface area (Å²) in [7, 11) is 1.56. The second-order valence-electron chi connectivity index (χ2n) is 2.11. The number of carbonyl (C=O) groups excluding carboxylic acids is 1. The van der Waals surface area contributed by atoms with E-state index in [-0.39, 0.29) is 5.97 Å². The molecule has 0 radical (unpaired) electrons. The molecule has 0 rings (SSSR count). The number of esters is 1. The maximum atomic E-state index is 10.7. The standard InChI is InChI=1S/C7H15NO3/c1-10-5-6-11-7(9)3-2-4-8/h2-6,8H2,1H3. The van der Waals surface area contributed by atoms with Gasteiger partial charge in [0.2, 0.25) is 0 Å². The molecular weight excluding hydrogens is 146 g/mol. The van der Waals surface area contributed by atoms with Gasteiger partial charge in [-0.1, -0.05) is 0 Å². The summed E-state index contributed by atoms with van der Waals surface area (Å²) in [5.41, 5.74) is 5.20. The van der Waals surface area contributed by atoms with Crippen LogP contribution in [0.15, 0.2) is 0 Å². The first-order valence-corrected chi connectivity index (χ1v) is 3.66. The predicted octanol–water partition coefficient (Wildman–Crippen LogP) is -0.0851. The highest BCUT2D eigenvalue weighted by atomic mass is 16.6. The van der Waals surface area contributed by atoms with Crippen molar-refractivity contribution in [3.05, 3.63) is 0 Å². The van der Waals surface area contributed by atoms with Crippen molar-refractivity contribution in [2.45, 2.75) is 12.8 Å². The Labute approximate surface area is 66.7 Å². The zero-order valence-electron chi connectivity index (χ0n) is 6.84. The Morgan fingerprint density at radius 2 is 2.18 bits per heavy atom. The summed E-state index contributed by atoms with van der Waals surface area (Å²) in [6.07, 6.45) is 1.09. The zero-order chi connectivity index (χ0) is 8.53. The largest absolute Gasteiger partial charge is 0.463 e. The van der Waals surface area contributed by atoms with Crippen LogP contribution in [0.2, 0.25) is 0 Å². The van der Waals surface area contributed by atoms with Crippen LogP contribution >= 0.6 is 0 Å². The second kappa shape index (κ2) is 7.50. The minimum absolute atomic E-state index is 0.201. The fourth-order valence-corrected chi connectivity index (χ4v) is 0.557. The Morgan fingerprint density at radius 1 is 1.45 bits per heavy atom. The minimum atomic E-state index is -0.201. The normalized spacial score (nSPS) is 9.64. The maximum absolute atomic E-state index is 10.7. The molecule has 0 aromatic rings. The van der Waals surface area contributed by atoms with Gasteiger partial charge >= 0.3 is 5.97 Å². The van der Waals surface area contributed by atoms with E-state index in [2.05, 4.69) is 0 Å².